The molecule has 102 valence electrons. The fourth-order valence-corrected chi connectivity index (χ4v) is 2.12. The highest BCUT2D eigenvalue weighted by Gasteiger charge is 2.12. The van der Waals surface area contributed by atoms with Crippen molar-refractivity contribution in [2.45, 2.75) is 39.3 Å². The van der Waals surface area contributed by atoms with Gasteiger partial charge in [-0.1, -0.05) is 25.1 Å². The first-order valence-electron chi connectivity index (χ1n) is 6.77. The van der Waals surface area contributed by atoms with Crippen molar-refractivity contribution in [2.24, 2.45) is 0 Å². The normalized spacial score (nSPS) is 14.3. The molecule has 0 spiro atoms. The number of para-hydroxylation sites is 1. The number of aliphatic hydroxyl groups excluding tert-OH is 1. The average Bonchev–Trinajstić information content (AvgIpc) is 2.36. The van der Waals surface area contributed by atoms with Gasteiger partial charge in [-0.25, -0.2) is 0 Å². The zero-order valence-corrected chi connectivity index (χ0v) is 12.0. The van der Waals surface area contributed by atoms with E-state index >= 15 is 0 Å². The number of rotatable bonds is 7. The molecule has 3 heteroatoms. The number of anilines is 1. The van der Waals surface area contributed by atoms with Crippen molar-refractivity contribution in [3.05, 3.63) is 29.8 Å². The van der Waals surface area contributed by atoms with Gasteiger partial charge < -0.3 is 15.3 Å². The van der Waals surface area contributed by atoms with E-state index < -0.39 is 0 Å². The molecule has 0 aliphatic rings. The van der Waals surface area contributed by atoms with Crippen LogP contribution in [0.25, 0.3) is 0 Å². The van der Waals surface area contributed by atoms with Gasteiger partial charge in [-0.2, -0.15) is 0 Å². The van der Waals surface area contributed by atoms with Gasteiger partial charge in [0.2, 0.25) is 0 Å². The van der Waals surface area contributed by atoms with E-state index in [4.69, 9.17) is 0 Å². The Morgan fingerprint density at radius 3 is 2.56 bits per heavy atom. The van der Waals surface area contributed by atoms with Crippen LogP contribution in [0.4, 0.5) is 5.69 Å². The first kappa shape index (κ1) is 15.0. The third-order valence-electron chi connectivity index (χ3n) is 3.21. The van der Waals surface area contributed by atoms with Crippen molar-refractivity contribution >= 4 is 5.69 Å². The van der Waals surface area contributed by atoms with Crippen LogP contribution in [0.15, 0.2) is 24.3 Å². The number of aliphatic hydroxyl groups is 1. The van der Waals surface area contributed by atoms with Gasteiger partial charge in [-0.15, -0.1) is 0 Å². The predicted octanol–water partition coefficient (Wildman–Crippen LogP) is 2.56. The summed E-state index contributed by atoms with van der Waals surface area (Å²) >= 11 is 0. The number of benzene rings is 1. The van der Waals surface area contributed by atoms with Gasteiger partial charge in [0.05, 0.1) is 6.10 Å². The molecule has 0 fully saturated rings. The Labute approximate surface area is 111 Å². The molecule has 3 nitrogen and oxygen atoms in total. The average molecular weight is 250 g/mol. The van der Waals surface area contributed by atoms with Crippen LogP contribution in [0.5, 0.6) is 0 Å². The molecule has 18 heavy (non-hydrogen) atoms. The summed E-state index contributed by atoms with van der Waals surface area (Å²) in [5.41, 5.74) is 2.55. The lowest BCUT2D eigenvalue weighted by molar-refractivity contribution is 0.187. The Morgan fingerprint density at radius 2 is 1.94 bits per heavy atom. The van der Waals surface area contributed by atoms with Crippen molar-refractivity contribution in [3.8, 4) is 0 Å². The Bertz CT molecular complexity index is 352. The van der Waals surface area contributed by atoms with Gasteiger partial charge in [-0.05, 0) is 38.4 Å². The maximum Gasteiger partial charge on any atom is 0.0528 e. The Kier molecular flexibility index (Phi) is 6.16. The molecule has 0 aliphatic carbocycles. The van der Waals surface area contributed by atoms with E-state index in [1.165, 1.54) is 11.3 Å². The SMILES string of the molecule is CCNC(C)c1ccccc1N(C)CCC(C)O. The lowest BCUT2D eigenvalue weighted by Crippen LogP contribution is -2.25. The van der Waals surface area contributed by atoms with E-state index in [2.05, 4.69) is 55.4 Å². The molecule has 0 bridgehead atoms. The topological polar surface area (TPSA) is 35.5 Å². The van der Waals surface area contributed by atoms with Crippen molar-refractivity contribution in [1.29, 1.82) is 0 Å². The molecule has 1 rings (SSSR count). The van der Waals surface area contributed by atoms with Crippen LogP contribution in [-0.4, -0.2) is 31.3 Å². The van der Waals surface area contributed by atoms with Crippen LogP contribution in [0.1, 0.15) is 38.8 Å². The molecule has 2 atom stereocenters. The maximum absolute atomic E-state index is 9.37. The second-order valence-electron chi connectivity index (χ2n) is 4.90. The lowest BCUT2D eigenvalue weighted by atomic mass is 10.0. The molecule has 2 unspecified atom stereocenters. The lowest BCUT2D eigenvalue weighted by Gasteiger charge is -2.26. The monoisotopic (exact) mass is 250 g/mol. The van der Waals surface area contributed by atoms with E-state index in [9.17, 15) is 5.11 Å². The zero-order chi connectivity index (χ0) is 13.5. The smallest absolute Gasteiger partial charge is 0.0528 e. The van der Waals surface area contributed by atoms with Crippen molar-refractivity contribution < 1.29 is 5.11 Å². The molecule has 2 N–H and O–H groups in total. The van der Waals surface area contributed by atoms with Crippen LogP contribution in [0.2, 0.25) is 0 Å². The first-order chi connectivity index (χ1) is 8.56. The molecule has 0 saturated heterocycles. The number of nitrogens with zero attached hydrogens (tertiary/aromatic N) is 1. The van der Waals surface area contributed by atoms with Gasteiger partial charge in [0, 0.05) is 25.3 Å². The summed E-state index contributed by atoms with van der Waals surface area (Å²) in [5.74, 6) is 0. The van der Waals surface area contributed by atoms with Gasteiger partial charge in [0.15, 0.2) is 0 Å². The van der Waals surface area contributed by atoms with Gasteiger partial charge in [0.25, 0.3) is 0 Å². The molecular weight excluding hydrogens is 224 g/mol. The Hall–Kier alpha value is -1.06. The maximum atomic E-state index is 9.37. The Balaban J connectivity index is 2.80. The summed E-state index contributed by atoms with van der Waals surface area (Å²) in [7, 11) is 2.08. The van der Waals surface area contributed by atoms with Crippen LogP contribution < -0.4 is 10.2 Å². The fourth-order valence-electron chi connectivity index (χ4n) is 2.12. The molecule has 0 aromatic heterocycles. The third kappa shape index (κ3) is 4.31. The summed E-state index contributed by atoms with van der Waals surface area (Å²) < 4.78 is 0. The predicted molar refractivity (Wildman–Crippen MR) is 78.1 cm³/mol. The van der Waals surface area contributed by atoms with Crippen LogP contribution in [0.3, 0.4) is 0 Å². The van der Waals surface area contributed by atoms with E-state index in [0.29, 0.717) is 6.04 Å². The standard InChI is InChI=1S/C15H26N2O/c1-5-16-13(3)14-8-6-7-9-15(14)17(4)11-10-12(2)18/h6-9,12-13,16,18H,5,10-11H2,1-4H3. The molecular formula is C15H26N2O. The van der Waals surface area contributed by atoms with Crippen LogP contribution in [0, 0.1) is 0 Å². The summed E-state index contributed by atoms with van der Waals surface area (Å²) in [6.45, 7) is 7.97. The molecule has 1 aromatic rings. The molecule has 0 aliphatic heterocycles. The fraction of sp³-hybridized carbons (Fsp3) is 0.600. The molecule has 0 heterocycles. The van der Waals surface area contributed by atoms with E-state index in [0.717, 1.165) is 19.5 Å². The van der Waals surface area contributed by atoms with E-state index in [1.54, 1.807) is 0 Å². The minimum atomic E-state index is -0.245. The Morgan fingerprint density at radius 1 is 1.28 bits per heavy atom. The zero-order valence-electron chi connectivity index (χ0n) is 12.0. The summed E-state index contributed by atoms with van der Waals surface area (Å²) in [4.78, 5) is 2.22. The molecule has 0 amide bonds. The van der Waals surface area contributed by atoms with Crippen LogP contribution in [-0.2, 0) is 0 Å². The number of hydrogen-bond acceptors (Lipinski definition) is 3. The highest BCUT2D eigenvalue weighted by atomic mass is 16.3. The summed E-state index contributed by atoms with van der Waals surface area (Å²) in [5, 5.41) is 12.8. The number of hydrogen-bond donors (Lipinski definition) is 2. The van der Waals surface area contributed by atoms with Crippen molar-refractivity contribution in [2.75, 3.05) is 25.0 Å². The quantitative estimate of drug-likeness (QED) is 0.780. The number of nitrogens with one attached hydrogen (secondary N) is 1. The van der Waals surface area contributed by atoms with Crippen molar-refractivity contribution in [1.82, 2.24) is 5.32 Å². The first-order valence-corrected chi connectivity index (χ1v) is 6.77. The molecule has 0 saturated carbocycles. The van der Waals surface area contributed by atoms with E-state index in [-0.39, 0.29) is 6.10 Å². The summed E-state index contributed by atoms with van der Waals surface area (Å²) in [6.07, 6.45) is 0.547. The minimum Gasteiger partial charge on any atom is -0.393 e. The summed E-state index contributed by atoms with van der Waals surface area (Å²) in [6, 6.07) is 8.80. The van der Waals surface area contributed by atoms with E-state index in [1.807, 2.05) is 6.92 Å². The van der Waals surface area contributed by atoms with Gasteiger partial charge in [0.1, 0.15) is 0 Å². The van der Waals surface area contributed by atoms with Crippen LogP contribution >= 0.6 is 0 Å². The second-order valence-corrected chi connectivity index (χ2v) is 4.90. The second kappa shape index (κ2) is 7.39. The highest BCUT2D eigenvalue weighted by Crippen LogP contribution is 2.25. The highest BCUT2D eigenvalue weighted by molar-refractivity contribution is 5.54. The third-order valence-corrected chi connectivity index (χ3v) is 3.21. The van der Waals surface area contributed by atoms with Gasteiger partial charge in [-0.3, -0.25) is 0 Å². The van der Waals surface area contributed by atoms with Gasteiger partial charge >= 0.3 is 0 Å². The van der Waals surface area contributed by atoms with Crippen molar-refractivity contribution in [3.63, 3.8) is 0 Å². The molecule has 1 aromatic carbocycles. The molecule has 0 radical (unpaired) electrons. The minimum absolute atomic E-state index is 0.245. The largest absolute Gasteiger partial charge is 0.393 e.